The molecule has 2 N–H and O–H groups in total. The summed E-state index contributed by atoms with van der Waals surface area (Å²) < 4.78 is 1.64. The van der Waals surface area contributed by atoms with Crippen molar-refractivity contribution in [1.82, 2.24) is 15.1 Å². The van der Waals surface area contributed by atoms with E-state index in [2.05, 4.69) is 17.3 Å². The van der Waals surface area contributed by atoms with Crippen LogP contribution in [0.4, 0.5) is 0 Å². The molecule has 5 heteroatoms. The molecule has 0 unspecified atom stereocenters. The number of carboxylic acid groups (broad SMARTS) is 1. The van der Waals surface area contributed by atoms with Crippen molar-refractivity contribution >= 4 is 5.97 Å². The molecule has 2 rings (SSSR count). The molecule has 18 heavy (non-hydrogen) atoms. The molecule has 0 radical (unpaired) electrons. The highest BCUT2D eigenvalue weighted by Crippen LogP contribution is 2.27. The van der Waals surface area contributed by atoms with Crippen LogP contribution in [0, 0.1) is 5.92 Å². The first kappa shape index (κ1) is 13.1. The second-order valence-electron chi connectivity index (χ2n) is 5.15. The fourth-order valence-electron chi connectivity index (χ4n) is 2.73. The van der Waals surface area contributed by atoms with Crippen molar-refractivity contribution in [3.05, 3.63) is 17.5 Å². The van der Waals surface area contributed by atoms with E-state index in [1.54, 1.807) is 11.7 Å². The molecule has 1 atom stereocenters. The van der Waals surface area contributed by atoms with Gasteiger partial charge in [-0.3, -0.25) is 4.68 Å². The Morgan fingerprint density at radius 1 is 1.61 bits per heavy atom. The highest BCUT2D eigenvalue weighted by Gasteiger charge is 2.22. The van der Waals surface area contributed by atoms with Crippen LogP contribution in [0.2, 0.25) is 0 Å². The summed E-state index contributed by atoms with van der Waals surface area (Å²) in [7, 11) is 1.78. The molecule has 1 saturated carbocycles. The molecule has 5 nitrogen and oxygen atoms in total. The zero-order valence-corrected chi connectivity index (χ0v) is 11.0. The highest BCUT2D eigenvalue weighted by atomic mass is 16.4. The van der Waals surface area contributed by atoms with E-state index in [-0.39, 0.29) is 0 Å². The predicted octanol–water partition coefficient (Wildman–Crippen LogP) is 1.79. The van der Waals surface area contributed by atoms with Gasteiger partial charge in [-0.25, -0.2) is 4.79 Å². The molecule has 1 aliphatic carbocycles. The fourth-order valence-corrected chi connectivity index (χ4v) is 2.73. The lowest BCUT2D eigenvalue weighted by Crippen LogP contribution is -2.32. The second kappa shape index (κ2) is 5.52. The maximum Gasteiger partial charge on any atom is 0.339 e. The Labute approximate surface area is 107 Å². The van der Waals surface area contributed by atoms with Gasteiger partial charge in [-0.2, -0.15) is 5.10 Å². The SMILES string of the molecule is C[C@@H](NCc1c(C(=O)O)cnn1C)C1CCCC1. The number of carbonyl (C=O) groups is 1. The predicted molar refractivity (Wildman–Crippen MR) is 68.4 cm³/mol. The van der Waals surface area contributed by atoms with Crippen LogP contribution in [0.3, 0.4) is 0 Å². The normalized spacial score (nSPS) is 18.1. The van der Waals surface area contributed by atoms with E-state index in [0.717, 1.165) is 11.6 Å². The summed E-state index contributed by atoms with van der Waals surface area (Å²) in [6.07, 6.45) is 6.63. The number of hydrogen-bond donors (Lipinski definition) is 2. The van der Waals surface area contributed by atoms with Crippen molar-refractivity contribution in [1.29, 1.82) is 0 Å². The number of hydrogen-bond acceptors (Lipinski definition) is 3. The van der Waals surface area contributed by atoms with Crippen molar-refractivity contribution in [2.45, 2.75) is 45.2 Å². The topological polar surface area (TPSA) is 67.2 Å². The number of aromatic nitrogens is 2. The van der Waals surface area contributed by atoms with Crippen LogP contribution >= 0.6 is 0 Å². The highest BCUT2D eigenvalue weighted by molar-refractivity contribution is 5.88. The lowest BCUT2D eigenvalue weighted by molar-refractivity contribution is 0.0695. The number of rotatable bonds is 5. The number of aromatic carboxylic acids is 1. The van der Waals surface area contributed by atoms with Gasteiger partial charge >= 0.3 is 5.97 Å². The summed E-state index contributed by atoms with van der Waals surface area (Å²) in [6.45, 7) is 2.75. The molecule has 100 valence electrons. The van der Waals surface area contributed by atoms with Crippen molar-refractivity contribution < 1.29 is 9.90 Å². The maximum atomic E-state index is 11.1. The molecule has 1 aromatic rings. The molecule has 0 bridgehead atoms. The molecule has 0 aromatic carbocycles. The van der Waals surface area contributed by atoms with Gasteiger partial charge in [-0.15, -0.1) is 0 Å². The van der Waals surface area contributed by atoms with E-state index in [4.69, 9.17) is 5.11 Å². The summed E-state index contributed by atoms with van der Waals surface area (Å²) in [4.78, 5) is 11.1. The van der Waals surface area contributed by atoms with Gasteiger partial charge in [-0.1, -0.05) is 12.8 Å². The van der Waals surface area contributed by atoms with Gasteiger partial charge in [0, 0.05) is 19.6 Å². The summed E-state index contributed by atoms with van der Waals surface area (Å²) in [5.74, 6) is -0.181. The van der Waals surface area contributed by atoms with E-state index < -0.39 is 5.97 Å². The minimum absolute atomic E-state index is 0.295. The van der Waals surface area contributed by atoms with Crippen LogP contribution in [0.25, 0.3) is 0 Å². The third-order valence-corrected chi connectivity index (χ3v) is 3.99. The molecule has 1 aliphatic rings. The first-order chi connectivity index (χ1) is 8.59. The van der Waals surface area contributed by atoms with Crippen LogP contribution in [-0.2, 0) is 13.6 Å². The molecular weight excluding hydrogens is 230 g/mol. The van der Waals surface area contributed by atoms with Crippen LogP contribution in [-0.4, -0.2) is 26.9 Å². The largest absolute Gasteiger partial charge is 0.478 e. The summed E-state index contributed by atoms with van der Waals surface area (Å²) in [6, 6.07) is 0.434. The van der Waals surface area contributed by atoms with Gasteiger partial charge in [0.15, 0.2) is 0 Å². The van der Waals surface area contributed by atoms with Crippen LogP contribution in [0.1, 0.15) is 48.7 Å². The third kappa shape index (κ3) is 2.72. The lowest BCUT2D eigenvalue weighted by atomic mass is 10.00. The Bertz CT molecular complexity index is 422. The van der Waals surface area contributed by atoms with Crippen molar-refractivity contribution in [2.75, 3.05) is 0 Å². The van der Waals surface area contributed by atoms with Gasteiger partial charge in [-0.05, 0) is 25.7 Å². The summed E-state index contributed by atoms with van der Waals surface area (Å²) in [5.41, 5.74) is 1.04. The number of carboxylic acids is 1. The molecule has 0 aliphatic heterocycles. The van der Waals surface area contributed by atoms with Gasteiger partial charge in [0.1, 0.15) is 5.56 Å². The van der Waals surface area contributed by atoms with Crippen LogP contribution in [0.15, 0.2) is 6.20 Å². The second-order valence-corrected chi connectivity index (χ2v) is 5.15. The molecule has 0 amide bonds. The van der Waals surface area contributed by atoms with Gasteiger partial charge in [0.2, 0.25) is 0 Å². The van der Waals surface area contributed by atoms with Crippen molar-refractivity contribution in [3.63, 3.8) is 0 Å². The number of nitrogens with zero attached hydrogens (tertiary/aromatic N) is 2. The molecule has 1 heterocycles. The first-order valence-electron chi connectivity index (χ1n) is 6.57. The minimum atomic E-state index is -0.909. The lowest BCUT2D eigenvalue weighted by Gasteiger charge is -2.20. The Morgan fingerprint density at radius 2 is 2.28 bits per heavy atom. The zero-order chi connectivity index (χ0) is 13.1. The number of nitrogens with one attached hydrogen (secondary N) is 1. The van der Waals surface area contributed by atoms with Crippen molar-refractivity contribution in [3.8, 4) is 0 Å². The van der Waals surface area contributed by atoms with Gasteiger partial charge < -0.3 is 10.4 Å². The number of aryl methyl sites for hydroxylation is 1. The quantitative estimate of drug-likeness (QED) is 0.837. The maximum absolute atomic E-state index is 11.1. The molecule has 0 saturated heterocycles. The van der Waals surface area contributed by atoms with E-state index in [0.29, 0.717) is 18.2 Å². The Kier molecular flexibility index (Phi) is 4.01. The standard InChI is InChI=1S/C13H21N3O2/c1-9(10-5-3-4-6-10)14-8-12-11(13(17)18)7-15-16(12)2/h7,9-10,14H,3-6,8H2,1-2H3,(H,17,18)/t9-/m1/s1. The molecular formula is C13H21N3O2. The Hall–Kier alpha value is -1.36. The average molecular weight is 251 g/mol. The van der Waals surface area contributed by atoms with Crippen LogP contribution in [0.5, 0.6) is 0 Å². The monoisotopic (exact) mass is 251 g/mol. The third-order valence-electron chi connectivity index (χ3n) is 3.99. The molecule has 1 fully saturated rings. The van der Waals surface area contributed by atoms with E-state index in [9.17, 15) is 4.79 Å². The Balaban J connectivity index is 1.97. The van der Waals surface area contributed by atoms with E-state index in [1.807, 2.05) is 0 Å². The van der Waals surface area contributed by atoms with Gasteiger partial charge in [0.25, 0.3) is 0 Å². The fraction of sp³-hybridized carbons (Fsp3) is 0.692. The first-order valence-corrected chi connectivity index (χ1v) is 6.57. The molecule has 1 aromatic heterocycles. The molecule has 0 spiro atoms. The van der Waals surface area contributed by atoms with Crippen LogP contribution < -0.4 is 5.32 Å². The summed E-state index contributed by atoms with van der Waals surface area (Å²) >= 11 is 0. The summed E-state index contributed by atoms with van der Waals surface area (Å²) in [5, 5.41) is 16.5. The van der Waals surface area contributed by atoms with E-state index >= 15 is 0 Å². The zero-order valence-electron chi connectivity index (χ0n) is 11.0. The van der Waals surface area contributed by atoms with E-state index in [1.165, 1.54) is 31.9 Å². The Morgan fingerprint density at radius 3 is 2.89 bits per heavy atom. The minimum Gasteiger partial charge on any atom is -0.478 e. The van der Waals surface area contributed by atoms with Crippen molar-refractivity contribution in [2.24, 2.45) is 13.0 Å². The smallest absolute Gasteiger partial charge is 0.339 e. The van der Waals surface area contributed by atoms with Gasteiger partial charge in [0.05, 0.1) is 11.9 Å². The average Bonchev–Trinajstić information content (AvgIpc) is 2.95.